The highest BCUT2D eigenvalue weighted by Gasteiger charge is 2.18. The summed E-state index contributed by atoms with van der Waals surface area (Å²) in [5.41, 5.74) is 1.71. The molecule has 234 valence electrons. The first-order valence-electron chi connectivity index (χ1n) is 14.4. The van der Waals surface area contributed by atoms with E-state index in [-0.39, 0.29) is 30.3 Å². The van der Waals surface area contributed by atoms with Crippen LogP contribution in [0.5, 0.6) is 17.2 Å². The number of ether oxygens (including phenoxy) is 4. The molecule has 5 aromatic rings. The van der Waals surface area contributed by atoms with Gasteiger partial charge in [-0.3, -0.25) is 4.79 Å². The molecule has 10 heteroatoms. The average molecular weight is 632 g/mol. The number of fused-ring (bicyclic) bond motifs is 1. The number of phenols is 1. The fourth-order valence-corrected chi connectivity index (χ4v) is 5.74. The van der Waals surface area contributed by atoms with Crippen LogP contribution in [0, 0.1) is 5.82 Å². The molecule has 0 amide bonds. The number of carbonyl (C=O) groups is 1. The Morgan fingerprint density at radius 2 is 1.58 bits per heavy atom. The molecule has 0 radical (unpaired) electrons. The lowest BCUT2D eigenvalue weighted by molar-refractivity contribution is -0.160. The summed E-state index contributed by atoms with van der Waals surface area (Å²) in [5, 5.41) is 10.8. The van der Waals surface area contributed by atoms with E-state index in [9.17, 15) is 19.1 Å². The van der Waals surface area contributed by atoms with Crippen molar-refractivity contribution in [1.29, 1.82) is 0 Å². The van der Waals surface area contributed by atoms with Gasteiger partial charge >= 0.3 is 5.97 Å². The van der Waals surface area contributed by atoms with Gasteiger partial charge in [0.15, 0.2) is 5.75 Å². The third-order valence-electron chi connectivity index (χ3n) is 6.63. The van der Waals surface area contributed by atoms with E-state index in [1.807, 2.05) is 30.3 Å². The molecular weight excluding hydrogens is 597 g/mol. The number of hydrogen-bond donors (Lipinski definition) is 1. The number of nitrogens with zero attached hydrogens (tertiary/aromatic N) is 1. The molecule has 2 aromatic heterocycles. The molecule has 1 N–H and O–H groups in total. The van der Waals surface area contributed by atoms with E-state index in [0.717, 1.165) is 31.7 Å². The predicted molar refractivity (Wildman–Crippen MR) is 173 cm³/mol. The summed E-state index contributed by atoms with van der Waals surface area (Å²) in [6, 6.07) is 22.2. The van der Waals surface area contributed by atoms with Gasteiger partial charge in [-0.25, -0.2) is 9.18 Å². The number of aromatic nitrogens is 1. The van der Waals surface area contributed by atoms with E-state index in [1.165, 1.54) is 23.5 Å². The van der Waals surface area contributed by atoms with Gasteiger partial charge in [-0.1, -0.05) is 24.3 Å². The number of halogens is 1. The van der Waals surface area contributed by atoms with Gasteiger partial charge in [-0.05, 0) is 86.0 Å². The van der Waals surface area contributed by atoms with Crippen molar-refractivity contribution in [3.05, 3.63) is 101 Å². The van der Waals surface area contributed by atoms with Crippen molar-refractivity contribution in [2.75, 3.05) is 26.4 Å². The SMILES string of the molecule is CC(C)(C)OC(=O)COCCOCCn1ccc(-c2ccc(Oc3c(-c4ccc(F)cc4)sc4cc(O)ccc34)cc2)cc1=O. The Balaban J connectivity index is 1.18. The minimum atomic E-state index is -0.553. The lowest BCUT2D eigenvalue weighted by Gasteiger charge is -2.19. The van der Waals surface area contributed by atoms with E-state index in [4.69, 9.17) is 18.9 Å². The Labute approximate surface area is 264 Å². The quantitative estimate of drug-likeness (QED) is 0.113. The molecule has 0 bridgehead atoms. The van der Waals surface area contributed by atoms with Crippen molar-refractivity contribution in [2.45, 2.75) is 32.9 Å². The number of benzene rings is 3. The van der Waals surface area contributed by atoms with Crippen LogP contribution in [0.4, 0.5) is 4.39 Å². The van der Waals surface area contributed by atoms with E-state index >= 15 is 0 Å². The molecular formula is C35H34FNO7S. The highest BCUT2D eigenvalue weighted by atomic mass is 32.1. The second-order valence-electron chi connectivity index (χ2n) is 11.3. The largest absolute Gasteiger partial charge is 0.508 e. The minimum absolute atomic E-state index is 0.137. The smallest absolute Gasteiger partial charge is 0.332 e. The van der Waals surface area contributed by atoms with Crippen molar-refractivity contribution in [1.82, 2.24) is 4.57 Å². The van der Waals surface area contributed by atoms with Crippen LogP contribution in [0.2, 0.25) is 0 Å². The van der Waals surface area contributed by atoms with Crippen molar-refractivity contribution < 1.29 is 33.2 Å². The zero-order chi connectivity index (χ0) is 32.0. The molecule has 0 unspecified atom stereocenters. The van der Waals surface area contributed by atoms with Gasteiger partial charge in [-0.2, -0.15) is 0 Å². The first-order valence-corrected chi connectivity index (χ1v) is 15.2. The lowest BCUT2D eigenvalue weighted by Crippen LogP contribution is -2.27. The lowest BCUT2D eigenvalue weighted by atomic mass is 10.1. The van der Waals surface area contributed by atoms with E-state index in [2.05, 4.69) is 0 Å². The number of carbonyl (C=O) groups excluding carboxylic acids is 1. The van der Waals surface area contributed by atoms with Crippen LogP contribution in [0.3, 0.4) is 0 Å². The maximum atomic E-state index is 13.6. The third-order valence-corrected chi connectivity index (χ3v) is 7.81. The van der Waals surface area contributed by atoms with Gasteiger partial charge in [0.2, 0.25) is 0 Å². The molecule has 3 aromatic carbocycles. The van der Waals surface area contributed by atoms with Crippen LogP contribution >= 0.6 is 11.3 Å². The molecule has 2 heterocycles. The normalized spacial score (nSPS) is 11.6. The van der Waals surface area contributed by atoms with Crippen LogP contribution in [0.1, 0.15) is 20.8 Å². The minimum Gasteiger partial charge on any atom is -0.508 e. The third kappa shape index (κ3) is 8.57. The number of thiophene rings is 1. The predicted octanol–water partition coefficient (Wildman–Crippen LogP) is 7.41. The number of pyridine rings is 1. The molecule has 5 rings (SSSR count). The highest BCUT2D eigenvalue weighted by molar-refractivity contribution is 7.22. The molecule has 8 nitrogen and oxygen atoms in total. The molecule has 0 saturated carbocycles. The monoisotopic (exact) mass is 631 g/mol. The Morgan fingerprint density at radius 3 is 2.29 bits per heavy atom. The molecule has 0 aliphatic carbocycles. The fraction of sp³-hybridized carbons (Fsp3) is 0.257. The summed E-state index contributed by atoms with van der Waals surface area (Å²) in [6.07, 6.45) is 1.73. The zero-order valence-electron chi connectivity index (χ0n) is 25.2. The number of aromatic hydroxyl groups is 1. The van der Waals surface area contributed by atoms with E-state index in [0.29, 0.717) is 31.3 Å². The maximum Gasteiger partial charge on any atom is 0.332 e. The summed E-state index contributed by atoms with van der Waals surface area (Å²) < 4.78 is 38.4. The molecule has 0 aliphatic heterocycles. The molecule has 0 atom stereocenters. The van der Waals surface area contributed by atoms with Gasteiger partial charge in [0.05, 0.1) is 24.7 Å². The summed E-state index contributed by atoms with van der Waals surface area (Å²) in [6.45, 7) is 6.48. The number of phenolic OH excluding ortho intramolecular Hbond substituents is 1. The Morgan fingerprint density at radius 1 is 0.867 bits per heavy atom. The van der Waals surface area contributed by atoms with Gasteiger partial charge < -0.3 is 28.6 Å². The van der Waals surface area contributed by atoms with Crippen molar-refractivity contribution in [2.24, 2.45) is 0 Å². The fourth-order valence-electron chi connectivity index (χ4n) is 4.57. The average Bonchev–Trinajstić information content (AvgIpc) is 3.34. The first kappa shape index (κ1) is 31.9. The molecule has 45 heavy (non-hydrogen) atoms. The number of rotatable bonds is 12. The number of hydrogen-bond acceptors (Lipinski definition) is 8. The van der Waals surface area contributed by atoms with Gasteiger partial charge in [0, 0.05) is 28.9 Å². The van der Waals surface area contributed by atoms with E-state index in [1.54, 1.807) is 67.9 Å². The summed E-state index contributed by atoms with van der Waals surface area (Å²) in [4.78, 5) is 25.2. The van der Waals surface area contributed by atoms with Crippen LogP contribution in [0.15, 0.2) is 89.9 Å². The first-order chi connectivity index (χ1) is 21.6. The Kier molecular flexibility index (Phi) is 9.97. The second kappa shape index (κ2) is 14.1. The van der Waals surface area contributed by atoms with Crippen LogP contribution in [0.25, 0.3) is 31.7 Å². The van der Waals surface area contributed by atoms with Crippen molar-refractivity contribution in [3.8, 4) is 38.8 Å². The standard InChI is InChI=1S/C35H34FNO7S/c1-35(2,3)44-32(40)22-42-19-18-41-17-16-37-15-14-25(20-31(37)39)23-6-11-28(12-7-23)43-33-29-13-10-27(38)21-30(29)45-34(33)24-4-8-26(36)9-5-24/h4-15,20-21,38H,16-19,22H2,1-3H3. The van der Waals surface area contributed by atoms with E-state index < -0.39 is 11.6 Å². The van der Waals surface area contributed by atoms with Crippen LogP contribution in [-0.2, 0) is 25.5 Å². The second-order valence-corrected chi connectivity index (χ2v) is 12.3. The van der Waals surface area contributed by atoms with Gasteiger partial charge in [0.25, 0.3) is 5.56 Å². The number of esters is 1. The van der Waals surface area contributed by atoms with Crippen molar-refractivity contribution in [3.63, 3.8) is 0 Å². The molecule has 0 aliphatic rings. The topological polar surface area (TPSA) is 96.2 Å². The maximum absolute atomic E-state index is 13.6. The summed E-state index contributed by atoms with van der Waals surface area (Å²) in [5.74, 6) is 0.617. The molecule has 0 spiro atoms. The van der Waals surface area contributed by atoms with Crippen LogP contribution in [-0.4, -0.2) is 47.7 Å². The van der Waals surface area contributed by atoms with Crippen molar-refractivity contribution >= 4 is 27.4 Å². The highest BCUT2D eigenvalue weighted by Crippen LogP contribution is 2.47. The van der Waals surface area contributed by atoms with Crippen LogP contribution < -0.4 is 10.3 Å². The summed E-state index contributed by atoms with van der Waals surface area (Å²) >= 11 is 1.46. The Bertz CT molecular complexity index is 1820. The molecule has 0 saturated heterocycles. The van der Waals surface area contributed by atoms with Gasteiger partial charge in [0.1, 0.15) is 29.5 Å². The van der Waals surface area contributed by atoms with Gasteiger partial charge in [-0.15, -0.1) is 11.3 Å². The zero-order valence-corrected chi connectivity index (χ0v) is 26.1. The molecule has 0 fully saturated rings. The summed E-state index contributed by atoms with van der Waals surface area (Å²) in [7, 11) is 0. The Hall–Kier alpha value is -4.51.